The van der Waals surface area contributed by atoms with Gasteiger partial charge in [-0.05, 0) is 33.7 Å². The van der Waals surface area contributed by atoms with Crippen LogP contribution in [-0.2, 0) is 4.79 Å². The van der Waals surface area contributed by atoms with Crippen molar-refractivity contribution in [2.45, 2.75) is 12.3 Å². The van der Waals surface area contributed by atoms with Crippen molar-refractivity contribution in [2.75, 3.05) is 5.32 Å². The molecule has 1 heterocycles. The second-order valence-electron chi connectivity index (χ2n) is 7.16. The SMILES string of the molecule is O=C1CC(c2ccc(-c3ccccc3)cc2)c2cc(Br)c3ccccc3c2N1. The lowest BCUT2D eigenvalue weighted by molar-refractivity contribution is -0.116. The average molecular weight is 428 g/mol. The van der Waals surface area contributed by atoms with E-state index in [9.17, 15) is 4.79 Å². The lowest BCUT2D eigenvalue weighted by atomic mass is 9.83. The van der Waals surface area contributed by atoms with Crippen LogP contribution >= 0.6 is 15.9 Å². The molecule has 1 aliphatic rings. The van der Waals surface area contributed by atoms with Crippen molar-refractivity contribution < 1.29 is 4.79 Å². The largest absolute Gasteiger partial charge is 0.325 e. The Hall–Kier alpha value is -2.91. The highest BCUT2D eigenvalue weighted by atomic mass is 79.9. The summed E-state index contributed by atoms with van der Waals surface area (Å²) in [6.45, 7) is 0. The van der Waals surface area contributed by atoms with Crippen molar-refractivity contribution in [2.24, 2.45) is 0 Å². The van der Waals surface area contributed by atoms with Gasteiger partial charge >= 0.3 is 0 Å². The summed E-state index contributed by atoms with van der Waals surface area (Å²) in [6, 6.07) is 29.3. The zero-order valence-corrected chi connectivity index (χ0v) is 16.7. The van der Waals surface area contributed by atoms with Crippen molar-refractivity contribution in [1.29, 1.82) is 0 Å². The van der Waals surface area contributed by atoms with Gasteiger partial charge in [0.15, 0.2) is 0 Å². The van der Waals surface area contributed by atoms with Crippen molar-refractivity contribution in [3.8, 4) is 11.1 Å². The molecule has 1 N–H and O–H groups in total. The van der Waals surface area contributed by atoms with Crippen LogP contribution in [0.15, 0.2) is 89.4 Å². The minimum absolute atomic E-state index is 0.0504. The fourth-order valence-electron chi connectivity index (χ4n) is 4.09. The lowest BCUT2D eigenvalue weighted by Crippen LogP contribution is -2.23. The molecule has 3 heteroatoms. The molecule has 0 aliphatic carbocycles. The highest BCUT2D eigenvalue weighted by Crippen LogP contribution is 2.43. The highest BCUT2D eigenvalue weighted by molar-refractivity contribution is 9.10. The summed E-state index contributed by atoms with van der Waals surface area (Å²) in [5, 5.41) is 5.29. The Kier molecular flexibility index (Phi) is 4.25. The van der Waals surface area contributed by atoms with Crippen LogP contribution in [0.5, 0.6) is 0 Å². The van der Waals surface area contributed by atoms with Gasteiger partial charge in [-0.15, -0.1) is 0 Å². The Morgan fingerprint density at radius 3 is 2.18 bits per heavy atom. The van der Waals surface area contributed by atoms with Crippen LogP contribution in [0.3, 0.4) is 0 Å². The summed E-state index contributed by atoms with van der Waals surface area (Å²) >= 11 is 3.72. The molecular weight excluding hydrogens is 410 g/mol. The molecule has 0 bridgehead atoms. The first-order valence-electron chi connectivity index (χ1n) is 9.37. The van der Waals surface area contributed by atoms with Crippen molar-refractivity contribution in [3.63, 3.8) is 0 Å². The summed E-state index contributed by atoms with van der Waals surface area (Å²) in [5.41, 5.74) is 5.65. The van der Waals surface area contributed by atoms with E-state index in [1.807, 2.05) is 30.3 Å². The molecule has 4 aromatic carbocycles. The van der Waals surface area contributed by atoms with Gasteiger partial charge in [-0.3, -0.25) is 4.79 Å². The van der Waals surface area contributed by atoms with Crippen molar-refractivity contribution in [3.05, 3.63) is 101 Å². The van der Waals surface area contributed by atoms with Crippen LogP contribution in [0, 0.1) is 0 Å². The molecule has 0 saturated heterocycles. The van der Waals surface area contributed by atoms with E-state index < -0.39 is 0 Å². The van der Waals surface area contributed by atoms with Gasteiger partial charge < -0.3 is 5.32 Å². The van der Waals surface area contributed by atoms with Crippen molar-refractivity contribution in [1.82, 2.24) is 0 Å². The van der Waals surface area contributed by atoms with Gasteiger partial charge in [-0.1, -0.05) is 94.8 Å². The van der Waals surface area contributed by atoms with Crippen LogP contribution in [-0.4, -0.2) is 5.91 Å². The third-order valence-corrected chi connectivity index (χ3v) is 6.13. The summed E-state index contributed by atoms with van der Waals surface area (Å²) in [4.78, 5) is 12.5. The number of hydrogen-bond acceptors (Lipinski definition) is 1. The highest BCUT2D eigenvalue weighted by Gasteiger charge is 2.28. The number of nitrogens with one attached hydrogen (secondary N) is 1. The zero-order chi connectivity index (χ0) is 19.1. The molecule has 1 amide bonds. The zero-order valence-electron chi connectivity index (χ0n) is 15.2. The molecule has 28 heavy (non-hydrogen) atoms. The molecule has 2 nitrogen and oxygen atoms in total. The Labute approximate surface area is 172 Å². The summed E-state index contributed by atoms with van der Waals surface area (Å²) < 4.78 is 1.06. The second-order valence-corrected chi connectivity index (χ2v) is 8.02. The fourth-order valence-corrected chi connectivity index (χ4v) is 4.68. The number of amides is 1. The second kappa shape index (κ2) is 6.92. The van der Waals surface area contributed by atoms with Crippen LogP contribution in [0.25, 0.3) is 21.9 Å². The monoisotopic (exact) mass is 427 g/mol. The van der Waals surface area contributed by atoms with Gasteiger partial charge in [0.05, 0.1) is 5.69 Å². The van der Waals surface area contributed by atoms with Gasteiger partial charge in [0.25, 0.3) is 0 Å². The van der Waals surface area contributed by atoms with E-state index >= 15 is 0 Å². The molecule has 1 atom stereocenters. The molecular formula is C25H18BrNO. The summed E-state index contributed by atoms with van der Waals surface area (Å²) in [7, 11) is 0. The van der Waals surface area contributed by atoms with Crippen LogP contribution in [0.2, 0.25) is 0 Å². The van der Waals surface area contributed by atoms with Crippen LogP contribution in [0.1, 0.15) is 23.5 Å². The number of benzene rings is 4. The van der Waals surface area contributed by atoms with Gasteiger partial charge in [-0.25, -0.2) is 0 Å². The van der Waals surface area contributed by atoms with E-state index in [0.717, 1.165) is 32.1 Å². The van der Waals surface area contributed by atoms with Gasteiger partial charge in [-0.2, -0.15) is 0 Å². The van der Waals surface area contributed by atoms with E-state index in [0.29, 0.717) is 6.42 Å². The molecule has 136 valence electrons. The number of rotatable bonds is 2. The minimum atomic E-state index is 0.0504. The molecule has 0 fully saturated rings. The minimum Gasteiger partial charge on any atom is -0.325 e. The Morgan fingerprint density at radius 1 is 0.786 bits per heavy atom. The summed E-state index contributed by atoms with van der Waals surface area (Å²) in [6.07, 6.45) is 0.461. The van der Waals surface area contributed by atoms with E-state index in [1.54, 1.807) is 0 Å². The molecule has 1 aliphatic heterocycles. The third kappa shape index (κ3) is 2.92. The number of fused-ring (bicyclic) bond motifs is 3. The Bertz CT molecular complexity index is 1180. The van der Waals surface area contributed by atoms with Gasteiger partial charge in [0.1, 0.15) is 0 Å². The molecule has 4 aromatic rings. The molecule has 0 aromatic heterocycles. The molecule has 0 spiro atoms. The predicted molar refractivity (Wildman–Crippen MR) is 119 cm³/mol. The predicted octanol–water partition coefficient (Wildman–Crippen LogP) is 6.74. The maximum Gasteiger partial charge on any atom is 0.225 e. The normalized spacial score (nSPS) is 15.9. The first-order chi connectivity index (χ1) is 13.7. The number of hydrogen-bond donors (Lipinski definition) is 1. The summed E-state index contributed by atoms with van der Waals surface area (Å²) in [5.74, 6) is 0.117. The third-order valence-electron chi connectivity index (χ3n) is 5.47. The van der Waals surface area contributed by atoms with E-state index in [2.05, 4.69) is 75.8 Å². The lowest BCUT2D eigenvalue weighted by Gasteiger charge is -2.28. The van der Waals surface area contributed by atoms with E-state index in [-0.39, 0.29) is 11.8 Å². The molecule has 0 saturated carbocycles. The number of carbonyl (C=O) groups excluding carboxylic acids is 1. The van der Waals surface area contributed by atoms with Crippen LogP contribution < -0.4 is 5.32 Å². The molecule has 0 radical (unpaired) electrons. The number of carbonyl (C=O) groups is 1. The maximum atomic E-state index is 12.5. The topological polar surface area (TPSA) is 29.1 Å². The smallest absolute Gasteiger partial charge is 0.225 e. The maximum absolute atomic E-state index is 12.5. The Morgan fingerprint density at radius 2 is 1.43 bits per heavy atom. The number of halogens is 1. The Balaban J connectivity index is 1.61. The quantitative estimate of drug-likeness (QED) is 0.376. The number of anilines is 1. The van der Waals surface area contributed by atoms with E-state index in [1.165, 1.54) is 11.1 Å². The standard InChI is InChI=1S/C25H18BrNO/c26-23-14-22-21(15-24(28)27-25(22)20-9-5-4-8-19(20)23)18-12-10-17(11-13-18)16-6-2-1-3-7-16/h1-14,21H,15H2,(H,27,28). The van der Waals surface area contributed by atoms with E-state index in [4.69, 9.17) is 0 Å². The van der Waals surface area contributed by atoms with Crippen molar-refractivity contribution >= 4 is 38.3 Å². The molecule has 1 unspecified atom stereocenters. The average Bonchev–Trinajstić information content (AvgIpc) is 2.75. The van der Waals surface area contributed by atoms with Gasteiger partial charge in [0, 0.05) is 22.2 Å². The fraction of sp³-hybridized carbons (Fsp3) is 0.0800. The first kappa shape index (κ1) is 17.2. The van der Waals surface area contributed by atoms with Crippen LogP contribution in [0.4, 0.5) is 5.69 Å². The van der Waals surface area contributed by atoms with Gasteiger partial charge in [0.2, 0.25) is 5.91 Å². The first-order valence-corrected chi connectivity index (χ1v) is 10.2. The molecule has 5 rings (SSSR count).